The molecule has 0 aliphatic carbocycles. The lowest BCUT2D eigenvalue weighted by Gasteiger charge is -2.08. The molecular weight excluding hydrogens is 256 g/mol. The molecule has 0 bridgehead atoms. The molecule has 17 heavy (non-hydrogen) atoms. The van der Waals surface area contributed by atoms with E-state index < -0.39 is 10.0 Å². The summed E-state index contributed by atoms with van der Waals surface area (Å²) in [5.41, 5.74) is 0.662. The first kappa shape index (κ1) is 14.5. The number of nitrogens with one attached hydrogen (secondary N) is 2. The maximum Gasteiger partial charge on any atom is 0.232 e. The molecule has 0 radical (unpaired) electrons. The lowest BCUT2D eigenvalue weighted by atomic mass is 10.3. The van der Waals surface area contributed by atoms with Gasteiger partial charge in [0.1, 0.15) is 0 Å². The van der Waals surface area contributed by atoms with Gasteiger partial charge in [-0.1, -0.05) is 13.8 Å². The lowest BCUT2D eigenvalue weighted by Crippen LogP contribution is -2.24. The molecular formula is C11H20N2O2S2. The SMILES string of the molecule is CC(C)NCCCCS(=O)(=O)Nc1ccsc1. The van der Waals surface area contributed by atoms with Crippen molar-refractivity contribution in [3.63, 3.8) is 0 Å². The third kappa shape index (κ3) is 6.65. The van der Waals surface area contributed by atoms with Gasteiger partial charge in [-0.2, -0.15) is 11.3 Å². The van der Waals surface area contributed by atoms with Crippen LogP contribution in [0.2, 0.25) is 0 Å². The van der Waals surface area contributed by atoms with Crippen LogP contribution in [-0.2, 0) is 10.0 Å². The van der Waals surface area contributed by atoms with Gasteiger partial charge in [0.2, 0.25) is 10.0 Å². The Kier molecular flexibility index (Phi) is 5.94. The van der Waals surface area contributed by atoms with Crippen molar-refractivity contribution in [1.29, 1.82) is 0 Å². The zero-order valence-electron chi connectivity index (χ0n) is 10.3. The van der Waals surface area contributed by atoms with E-state index in [9.17, 15) is 8.42 Å². The second-order valence-corrected chi connectivity index (χ2v) is 6.87. The molecule has 1 rings (SSSR count). The summed E-state index contributed by atoms with van der Waals surface area (Å²) in [4.78, 5) is 0. The van der Waals surface area contributed by atoms with Crippen LogP contribution in [0.15, 0.2) is 16.8 Å². The summed E-state index contributed by atoms with van der Waals surface area (Å²) in [6.45, 7) is 5.02. The third-order valence-electron chi connectivity index (χ3n) is 2.19. The molecule has 0 amide bonds. The average molecular weight is 276 g/mol. The van der Waals surface area contributed by atoms with Gasteiger partial charge < -0.3 is 5.32 Å². The molecule has 0 unspecified atom stereocenters. The van der Waals surface area contributed by atoms with Gasteiger partial charge in [-0.05, 0) is 30.8 Å². The molecule has 0 atom stereocenters. The Hall–Kier alpha value is -0.590. The van der Waals surface area contributed by atoms with E-state index in [0.717, 1.165) is 13.0 Å². The van der Waals surface area contributed by atoms with Crippen LogP contribution in [0.3, 0.4) is 0 Å². The highest BCUT2D eigenvalue weighted by atomic mass is 32.2. The molecule has 6 heteroatoms. The molecule has 0 aliphatic rings. The highest BCUT2D eigenvalue weighted by Crippen LogP contribution is 2.14. The molecule has 1 aromatic rings. The Morgan fingerprint density at radius 1 is 1.35 bits per heavy atom. The topological polar surface area (TPSA) is 58.2 Å². The zero-order chi connectivity index (χ0) is 12.7. The van der Waals surface area contributed by atoms with Crippen molar-refractivity contribution in [2.24, 2.45) is 0 Å². The second kappa shape index (κ2) is 6.98. The molecule has 0 aliphatic heterocycles. The highest BCUT2D eigenvalue weighted by Gasteiger charge is 2.09. The number of unbranched alkanes of at least 4 members (excludes halogenated alkanes) is 1. The minimum Gasteiger partial charge on any atom is -0.315 e. The molecule has 0 saturated heterocycles. The van der Waals surface area contributed by atoms with Gasteiger partial charge in [0.05, 0.1) is 11.4 Å². The lowest BCUT2D eigenvalue weighted by molar-refractivity contribution is 0.561. The van der Waals surface area contributed by atoms with Crippen LogP contribution >= 0.6 is 11.3 Å². The summed E-state index contributed by atoms with van der Waals surface area (Å²) in [5.74, 6) is 0.183. The van der Waals surface area contributed by atoms with Crippen molar-refractivity contribution in [2.75, 3.05) is 17.0 Å². The number of hydrogen-bond donors (Lipinski definition) is 2. The summed E-state index contributed by atoms with van der Waals surface area (Å²) in [6, 6.07) is 2.22. The van der Waals surface area contributed by atoms with Gasteiger partial charge in [0.25, 0.3) is 0 Å². The highest BCUT2D eigenvalue weighted by molar-refractivity contribution is 7.92. The van der Waals surface area contributed by atoms with Crippen molar-refractivity contribution in [2.45, 2.75) is 32.7 Å². The third-order valence-corrected chi connectivity index (χ3v) is 4.24. The van der Waals surface area contributed by atoms with Gasteiger partial charge in [0, 0.05) is 11.4 Å². The first-order valence-electron chi connectivity index (χ1n) is 5.76. The minimum atomic E-state index is -3.18. The molecule has 0 spiro atoms. The molecule has 0 saturated carbocycles. The Balaban J connectivity index is 2.21. The van der Waals surface area contributed by atoms with Gasteiger partial charge >= 0.3 is 0 Å². The first-order valence-corrected chi connectivity index (χ1v) is 8.35. The van der Waals surface area contributed by atoms with E-state index in [1.54, 1.807) is 11.4 Å². The molecule has 1 heterocycles. The van der Waals surface area contributed by atoms with E-state index in [1.165, 1.54) is 11.3 Å². The fourth-order valence-corrected chi connectivity index (χ4v) is 3.20. The van der Waals surface area contributed by atoms with Crippen LogP contribution in [0.1, 0.15) is 26.7 Å². The van der Waals surface area contributed by atoms with E-state index in [1.807, 2.05) is 5.38 Å². The van der Waals surface area contributed by atoms with Crippen LogP contribution in [0.4, 0.5) is 5.69 Å². The molecule has 98 valence electrons. The predicted octanol–water partition coefficient (Wildman–Crippen LogP) is 2.27. The molecule has 0 fully saturated rings. The van der Waals surface area contributed by atoms with Crippen LogP contribution in [0.25, 0.3) is 0 Å². The molecule has 4 nitrogen and oxygen atoms in total. The average Bonchev–Trinajstić information content (AvgIpc) is 2.68. The van der Waals surface area contributed by atoms with Crippen LogP contribution in [0.5, 0.6) is 0 Å². The second-order valence-electron chi connectivity index (χ2n) is 4.25. The van der Waals surface area contributed by atoms with Gasteiger partial charge in [-0.15, -0.1) is 0 Å². The summed E-state index contributed by atoms with van der Waals surface area (Å²) < 4.78 is 25.9. The quantitative estimate of drug-likeness (QED) is 0.716. The predicted molar refractivity (Wildman–Crippen MR) is 74.1 cm³/mol. The number of hydrogen-bond acceptors (Lipinski definition) is 4. The van der Waals surface area contributed by atoms with Crippen molar-refractivity contribution >= 4 is 27.0 Å². The number of anilines is 1. The standard InChI is InChI=1S/C11H20N2O2S2/c1-10(2)12-6-3-4-8-17(14,15)13-11-5-7-16-9-11/h5,7,9-10,12-13H,3-4,6,8H2,1-2H3. The van der Waals surface area contributed by atoms with Crippen LogP contribution in [-0.4, -0.2) is 26.8 Å². The maximum absolute atomic E-state index is 11.7. The monoisotopic (exact) mass is 276 g/mol. The Labute approximate surface area is 107 Å². The smallest absolute Gasteiger partial charge is 0.232 e. The largest absolute Gasteiger partial charge is 0.315 e. The van der Waals surface area contributed by atoms with E-state index in [-0.39, 0.29) is 5.75 Å². The number of sulfonamides is 1. The van der Waals surface area contributed by atoms with E-state index in [0.29, 0.717) is 18.2 Å². The summed E-state index contributed by atoms with van der Waals surface area (Å²) in [5, 5.41) is 6.90. The normalized spacial score (nSPS) is 11.9. The number of thiophene rings is 1. The van der Waals surface area contributed by atoms with Gasteiger partial charge in [-0.3, -0.25) is 4.72 Å². The van der Waals surface area contributed by atoms with Gasteiger partial charge in [0.15, 0.2) is 0 Å². The van der Waals surface area contributed by atoms with E-state index in [2.05, 4.69) is 23.9 Å². The molecule has 0 aromatic carbocycles. The first-order chi connectivity index (χ1) is 7.99. The summed E-state index contributed by atoms with van der Waals surface area (Å²) >= 11 is 1.48. The van der Waals surface area contributed by atoms with Crippen LogP contribution in [0, 0.1) is 0 Å². The summed E-state index contributed by atoms with van der Waals surface area (Å²) in [7, 11) is -3.18. The minimum absolute atomic E-state index is 0.183. The Morgan fingerprint density at radius 3 is 2.71 bits per heavy atom. The van der Waals surface area contributed by atoms with Crippen LogP contribution < -0.4 is 10.0 Å². The zero-order valence-corrected chi connectivity index (χ0v) is 11.9. The van der Waals surface area contributed by atoms with Gasteiger partial charge in [-0.25, -0.2) is 8.42 Å². The Morgan fingerprint density at radius 2 is 2.12 bits per heavy atom. The maximum atomic E-state index is 11.7. The fourth-order valence-electron chi connectivity index (χ4n) is 1.36. The van der Waals surface area contributed by atoms with E-state index in [4.69, 9.17) is 0 Å². The van der Waals surface area contributed by atoms with E-state index >= 15 is 0 Å². The Bertz CT molecular complexity index is 399. The van der Waals surface area contributed by atoms with Crippen molar-refractivity contribution in [3.8, 4) is 0 Å². The van der Waals surface area contributed by atoms with Crippen molar-refractivity contribution < 1.29 is 8.42 Å². The molecule has 1 aromatic heterocycles. The van der Waals surface area contributed by atoms with Crippen molar-refractivity contribution in [1.82, 2.24) is 5.32 Å². The number of rotatable bonds is 8. The summed E-state index contributed by atoms with van der Waals surface area (Å²) in [6.07, 6.45) is 1.56. The van der Waals surface area contributed by atoms with Crippen molar-refractivity contribution in [3.05, 3.63) is 16.8 Å². The molecule has 2 N–H and O–H groups in total. The fraction of sp³-hybridized carbons (Fsp3) is 0.636.